The molecule has 0 aliphatic carbocycles. The van der Waals surface area contributed by atoms with Gasteiger partial charge in [0.1, 0.15) is 11.9 Å². The molecule has 1 aliphatic rings. The van der Waals surface area contributed by atoms with E-state index in [9.17, 15) is 14.3 Å². The molecule has 0 radical (unpaired) electrons. The lowest BCUT2D eigenvalue weighted by Crippen LogP contribution is -2.33. The van der Waals surface area contributed by atoms with Crippen LogP contribution < -0.4 is 11.4 Å². The molecule has 1 fully saturated rings. The molecule has 6 nitrogen and oxygen atoms in total. The van der Waals surface area contributed by atoms with Crippen molar-refractivity contribution in [3.05, 3.63) is 22.7 Å². The summed E-state index contributed by atoms with van der Waals surface area (Å²) in [5.41, 5.74) is 4.64. The zero-order chi connectivity index (χ0) is 12.6. The third-order valence-corrected chi connectivity index (χ3v) is 2.82. The number of aliphatic hydroxyl groups is 1. The molecule has 4 unspecified atom stereocenters. The average molecular weight is 242 g/mol. The van der Waals surface area contributed by atoms with Crippen molar-refractivity contribution in [2.45, 2.75) is 38.0 Å². The maximum Gasteiger partial charge on any atom is 0.351 e. The molecule has 2 heterocycles. The van der Waals surface area contributed by atoms with Gasteiger partial charge in [-0.1, -0.05) is 6.92 Å². The van der Waals surface area contributed by atoms with E-state index in [0.29, 0.717) is 6.42 Å². The number of halogens is 1. The van der Waals surface area contributed by atoms with E-state index < -0.39 is 30.3 Å². The van der Waals surface area contributed by atoms with Crippen LogP contribution in [-0.2, 0) is 4.74 Å². The van der Waals surface area contributed by atoms with Gasteiger partial charge in [-0.25, -0.2) is 9.18 Å². The quantitative estimate of drug-likeness (QED) is 0.751. The third-order valence-electron chi connectivity index (χ3n) is 2.82. The van der Waals surface area contributed by atoms with E-state index in [0.717, 1.165) is 4.57 Å². The zero-order valence-electron chi connectivity index (χ0n) is 9.28. The highest BCUT2D eigenvalue weighted by molar-refractivity contribution is 5.23. The Morgan fingerprint density at radius 3 is 2.94 bits per heavy atom. The van der Waals surface area contributed by atoms with E-state index in [1.165, 1.54) is 12.3 Å². The van der Waals surface area contributed by atoms with Gasteiger partial charge in [0.15, 0.2) is 12.4 Å². The van der Waals surface area contributed by atoms with Gasteiger partial charge < -0.3 is 15.6 Å². The molecule has 7 heteroatoms. The van der Waals surface area contributed by atoms with Crippen LogP contribution in [0.4, 0.5) is 10.2 Å². The second-order valence-corrected chi connectivity index (χ2v) is 3.95. The van der Waals surface area contributed by atoms with Crippen molar-refractivity contribution in [2.24, 2.45) is 0 Å². The van der Waals surface area contributed by atoms with E-state index in [1.807, 2.05) is 0 Å². The lowest BCUT2D eigenvalue weighted by molar-refractivity contribution is -0.0279. The minimum Gasteiger partial charge on any atom is -0.387 e. The van der Waals surface area contributed by atoms with Crippen LogP contribution in [0.2, 0.25) is 0 Å². The predicted molar refractivity (Wildman–Crippen MR) is 58.0 cm³/mol. The fraction of sp³-hybridized carbons (Fsp3) is 0.600. The number of aliphatic hydroxyl groups excluding tert-OH is 1. The van der Waals surface area contributed by atoms with E-state index in [2.05, 4.69) is 4.98 Å². The molecule has 1 aliphatic heterocycles. The van der Waals surface area contributed by atoms with Gasteiger partial charge in [-0.05, 0) is 12.5 Å². The number of nitrogens with two attached hydrogens (primary N) is 1. The maximum atomic E-state index is 13.8. The normalized spacial score (nSPS) is 32.9. The molecule has 0 saturated carbocycles. The van der Waals surface area contributed by atoms with Crippen LogP contribution in [0.1, 0.15) is 19.6 Å². The molecular formula is C10H14FN3O3. The minimum absolute atomic E-state index is 0.0623. The first kappa shape index (κ1) is 12.0. The second kappa shape index (κ2) is 4.42. The van der Waals surface area contributed by atoms with E-state index in [-0.39, 0.29) is 5.82 Å². The van der Waals surface area contributed by atoms with Crippen molar-refractivity contribution in [1.82, 2.24) is 9.55 Å². The molecule has 2 rings (SSSR count). The Morgan fingerprint density at radius 1 is 1.71 bits per heavy atom. The SMILES string of the molecule is CCC1OC(n2ccc(N)nc2=O)C([18F])C1O. The molecule has 4 atom stereocenters. The minimum atomic E-state index is -1.65. The fourth-order valence-electron chi connectivity index (χ4n) is 1.88. The standard InChI is InChI=1S/C10H14FN3O3/c1-2-5-8(15)7(11)9(17-5)14-4-3-6(12)13-10(14)16/h3-5,7-9,15H,2H2,1H3,(H2,12,13,16)/i11-1. The first-order valence-corrected chi connectivity index (χ1v) is 5.37. The molecule has 0 aromatic carbocycles. The second-order valence-electron chi connectivity index (χ2n) is 3.95. The Kier molecular flexibility index (Phi) is 3.12. The van der Waals surface area contributed by atoms with Crippen molar-refractivity contribution in [1.29, 1.82) is 0 Å². The Bertz CT molecular complexity index is 464. The van der Waals surface area contributed by atoms with Crippen molar-refractivity contribution >= 4 is 5.82 Å². The molecule has 0 bridgehead atoms. The molecule has 94 valence electrons. The number of alkyl halides is 1. The number of nitrogen functional groups attached to an aromatic ring is 1. The van der Waals surface area contributed by atoms with Gasteiger partial charge in [-0.15, -0.1) is 0 Å². The first-order chi connectivity index (χ1) is 8.04. The van der Waals surface area contributed by atoms with Gasteiger partial charge in [0, 0.05) is 6.20 Å². The lowest BCUT2D eigenvalue weighted by atomic mass is 10.1. The Labute approximate surface area is 96.8 Å². The molecule has 1 aromatic heterocycles. The molecule has 3 N–H and O–H groups in total. The van der Waals surface area contributed by atoms with E-state index in [4.69, 9.17) is 10.5 Å². The van der Waals surface area contributed by atoms with E-state index in [1.54, 1.807) is 6.92 Å². The van der Waals surface area contributed by atoms with Crippen LogP contribution in [0.25, 0.3) is 0 Å². The Hall–Kier alpha value is -1.47. The summed E-state index contributed by atoms with van der Waals surface area (Å²) in [6, 6.07) is 1.38. The number of rotatable bonds is 2. The van der Waals surface area contributed by atoms with Crippen LogP contribution in [0, 0.1) is 0 Å². The fourth-order valence-corrected chi connectivity index (χ4v) is 1.88. The van der Waals surface area contributed by atoms with Gasteiger partial charge >= 0.3 is 5.69 Å². The van der Waals surface area contributed by atoms with Crippen LogP contribution >= 0.6 is 0 Å². The highest BCUT2D eigenvalue weighted by Gasteiger charge is 2.44. The highest BCUT2D eigenvalue weighted by Crippen LogP contribution is 2.32. The Balaban J connectivity index is 2.32. The van der Waals surface area contributed by atoms with Gasteiger partial charge in [0.25, 0.3) is 0 Å². The summed E-state index contributed by atoms with van der Waals surface area (Å²) < 4.78 is 20.1. The maximum absolute atomic E-state index is 13.8. The molecule has 0 spiro atoms. The van der Waals surface area contributed by atoms with Crippen LogP contribution in [-0.4, -0.2) is 33.0 Å². The predicted octanol–water partition coefficient (Wildman–Crippen LogP) is -0.168. The first-order valence-electron chi connectivity index (χ1n) is 5.37. The summed E-state index contributed by atoms with van der Waals surface area (Å²) in [5, 5.41) is 9.57. The molecule has 0 amide bonds. The molecular weight excluding hydrogens is 228 g/mol. The highest BCUT2D eigenvalue weighted by atomic mass is 18.2. The Morgan fingerprint density at radius 2 is 2.41 bits per heavy atom. The van der Waals surface area contributed by atoms with Crippen molar-refractivity contribution in [2.75, 3.05) is 5.73 Å². The summed E-state index contributed by atoms with van der Waals surface area (Å²) in [6.07, 6.45) is -2.85. The summed E-state index contributed by atoms with van der Waals surface area (Å²) in [5.74, 6) is 0.0623. The topological polar surface area (TPSA) is 90.4 Å². The van der Waals surface area contributed by atoms with Crippen LogP contribution in [0.5, 0.6) is 0 Å². The summed E-state index contributed by atoms with van der Waals surface area (Å²) in [4.78, 5) is 15.0. The smallest absolute Gasteiger partial charge is 0.351 e. The lowest BCUT2D eigenvalue weighted by Gasteiger charge is -2.15. The zero-order valence-corrected chi connectivity index (χ0v) is 9.28. The number of ether oxygens (including phenoxy) is 1. The van der Waals surface area contributed by atoms with Gasteiger partial charge in [-0.2, -0.15) is 4.98 Å². The van der Waals surface area contributed by atoms with Crippen molar-refractivity contribution < 1.29 is 14.2 Å². The van der Waals surface area contributed by atoms with Crippen LogP contribution in [0.3, 0.4) is 0 Å². The van der Waals surface area contributed by atoms with E-state index >= 15 is 0 Å². The summed E-state index contributed by atoms with van der Waals surface area (Å²) in [6.45, 7) is 1.77. The monoisotopic (exact) mass is 242 g/mol. The third kappa shape index (κ3) is 2.03. The number of hydrogen-bond donors (Lipinski definition) is 2. The summed E-state index contributed by atoms with van der Waals surface area (Å²) in [7, 11) is 0. The average Bonchev–Trinajstić information content (AvgIpc) is 2.57. The number of nitrogens with zero attached hydrogens (tertiary/aromatic N) is 2. The molecule has 1 aromatic rings. The number of anilines is 1. The van der Waals surface area contributed by atoms with Gasteiger partial charge in [0.05, 0.1) is 6.10 Å². The molecule has 1 saturated heterocycles. The van der Waals surface area contributed by atoms with Crippen molar-refractivity contribution in [3.63, 3.8) is 0 Å². The summed E-state index contributed by atoms with van der Waals surface area (Å²) >= 11 is 0. The molecule has 17 heavy (non-hydrogen) atoms. The number of hydrogen-bond acceptors (Lipinski definition) is 5. The van der Waals surface area contributed by atoms with Gasteiger partial charge in [0.2, 0.25) is 0 Å². The van der Waals surface area contributed by atoms with Gasteiger partial charge in [-0.3, -0.25) is 4.57 Å². The van der Waals surface area contributed by atoms with Crippen LogP contribution in [0.15, 0.2) is 17.1 Å². The number of aromatic nitrogens is 2. The largest absolute Gasteiger partial charge is 0.387 e. The van der Waals surface area contributed by atoms with Crippen molar-refractivity contribution in [3.8, 4) is 0 Å².